The summed E-state index contributed by atoms with van der Waals surface area (Å²) in [7, 11) is 0. The minimum absolute atomic E-state index is 0.128. The molecular weight excluding hydrogens is 745 g/mol. The summed E-state index contributed by atoms with van der Waals surface area (Å²) in [6.07, 6.45) is 62.6. The van der Waals surface area contributed by atoms with Crippen molar-refractivity contribution in [3.63, 3.8) is 0 Å². The molecule has 0 aliphatic carbocycles. The van der Waals surface area contributed by atoms with Crippen molar-refractivity contribution in [2.24, 2.45) is 0 Å². The Morgan fingerprint density at radius 2 is 0.667 bits per heavy atom. The number of hydrogen-bond acceptors (Lipinski definition) is 6. The molecule has 0 aliphatic heterocycles. The zero-order valence-corrected chi connectivity index (χ0v) is 38.7. The molecular formula is C54H88O6. The van der Waals surface area contributed by atoms with Crippen LogP contribution in [0.3, 0.4) is 0 Å². The van der Waals surface area contributed by atoms with Gasteiger partial charge in [-0.05, 0) is 109 Å². The summed E-state index contributed by atoms with van der Waals surface area (Å²) in [6, 6.07) is 0. The minimum Gasteiger partial charge on any atom is -0.462 e. The van der Waals surface area contributed by atoms with Gasteiger partial charge in [0.15, 0.2) is 6.10 Å². The molecule has 0 rings (SSSR count). The van der Waals surface area contributed by atoms with Crippen molar-refractivity contribution in [2.45, 2.75) is 213 Å². The van der Waals surface area contributed by atoms with E-state index in [1.165, 1.54) is 70.6 Å². The molecule has 1 unspecified atom stereocenters. The maximum atomic E-state index is 12.7. The highest BCUT2D eigenvalue weighted by molar-refractivity contribution is 5.71. The van der Waals surface area contributed by atoms with E-state index in [0.717, 1.165) is 83.5 Å². The summed E-state index contributed by atoms with van der Waals surface area (Å²) in [4.78, 5) is 37.8. The second-order valence-electron chi connectivity index (χ2n) is 15.6. The van der Waals surface area contributed by atoms with Crippen molar-refractivity contribution < 1.29 is 28.6 Å². The van der Waals surface area contributed by atoms with E-state index in [0.29, 0.717) is 12.8 Å². The maximum Gasteiger partial charge on any atom is 0.306 e. The first-order valence-electron chi connectivity index (χ1n) is 24.2. The lowest BCUT2D eigenvalue weighted by Gasteiger charge is -2.18. The monoisotopic (exact) mass is 833 g/mol. The zero-order chi connectivity index (χ0) is 43.7. The van der Waals surface area contributed by atoms with Crippen molar-refractivity contribution in [2.75, 3.05) is 13.2 Å². The lowest BCUT2D eigenvalue weighted by atomic mass is 10.1. The quantitative estimate of drug-likeness (QED) is 0.0264. The third-order valence-electron chi connectivity index (χ3n) is 9.79. The van der Waals surface area contributed by atoms with Crippen LogP contribution in [0, 0.1) is 0 Å². The van der Waals surface area contributed by atoms with E-state index in [4.69, 9.17) is 14.2 Å². The van der Waals surface area contributed by atoms with Gasteiger partial charge in [0.25, 0.3) is 0 Å². The lowest BCUT2D eigenvalue weighted by molar-refractivity contribution is -0.167. The van der Waals surface area contributed by atoms with Gasteiger partial charge in [0.05, 0.1) is 0 Å². The van der Waals surface area contributed by atoms with Crippen molar-refractivity contribution in [3.05, 3.63) is 97.2 Å². The van der Waals surface area contributed by atoms with E-state index in [9.17, 15) is 14.4 Å². The Hall–Kier alpha value is -3.67. The SMILES string of the molecule is CC/C=C\C/C=C\C/C=C\CCCC(=O)OCC(COC(=O)CCC/C=C\C/C=C\C/C=C\C/C=C\CCCCC)OC(=O)CCCCC/C=C\CCCCCCCCC. The Bertz CT molecular complexity index is 1230. The van der Waals surface area contributed by atoms with E-state index in [1.807, 2.05) is 0 Å². The van der Waals surface area contributed by atoms with Gasteiger partial charge in [-0.2, -0.15) is 0 Å². The Kier molecular flexibility index (Phi) is 45.1. The average molecular weight is 833 g/mol. The summed E-state index contributed by atoms with van der Waals surface area (Å²) in [5.74, 6) is -1.06. The molecule has 0 bridgehead atoms. The molecule has 0 saturated heterocycles. The number of rotatable bonds is 42. The summed E-state index contributed by atoms with van der Waals surface area (Å²) in [6.45, 7) is 6.36. The van der Waals surface area contributed by atoms with Crippen LogP contribution in [0.4, 0.5) is 0 Å². The van der Waals surface area contributed by atoms with Gasteiger partial charge < -0.3 is 14.2 Å². The molecule has 0 radical (unpaired) electrons. The van der Waals surface area contributed by atoms with Crippen LogP contribution in [0.2, 0.25) is 0 Å². The fraction of sp³-hybridized carbons (Fsp3) is 0.648. The highest BCUT2D eigenvalue weighted by atomic mass is 16.6. The van der Waals surface area contributed by atoms with Gasteiger partial charge in [0.2, 0.25) is 0 Å². The summed E-state index contributed by atoms with van der Waals surface area (Å²) >= 11 is 0. The van der Waals surface area contributed by atoms with E-state index in [2.05, 4.69) is 118 Å². The number of esters is 3. The zero-order valence-electron chi connectivity index (χ0n) is 38.7. The van der Waals surface area contributed by atoms with E-state index in [1.54, 1.807) is 0 Å². The van der Waals surface area contributed by atoms with Gasteiger partial charge in [-0.3, -0.25) is 14.4 Å². The number of carbonyl (C=O) groups is 3. The topological polar surface area (TPSA) is 78.9 Å². The van der Waals surface area contributed by atoms with Crippen molar-refractivity contribution >= 4 is 17.9 Å². The number of unbranched alkanes of at least 4 members (excludes halogenated alkanes) is 15. The van der Waals surface area contributed by atoms with Crippen LogP contribution in [-0.2, 0) is 28.6 Å². The summed E-state index contributed by atoms with van der Waals surface area (Å²) < 4.78 is 16.6. The lowest BCUT2D eigenvalue weighted by Crippen LogP contribution is -2.30. The average Bonchev–Trinajstić information content (AvgIpc) is 3.24. The molecule has 0 aromatic heterocycles. The van der Waals surface area contributed by atoms with Gasteiger partial charge in [-0.25, -0.2) is 0 Å². The van der Waals surface area contributed by atoms with E-state index in [-0.39, 0.29) is 50.4 Å². The molecule has 60 heavy (non-hydrogen) atoms. The molecule has 6 heteroatoms. The van der Waals surface area contributed by atoms with Gasteiger partial charge in [0.1, 0.15) is 13.2 Å². The molecule has 6 nitrogen and oxygen atoms in total. The van der Waals surface area contributed by atoms with Crippen molar-refractivity contribution in [1.29, 1.82) is 0 Å². The number of allylic oxidation sites excluding steroid dienone is 16. The molecule has 0 fully saturated rings. The summed E-state index contributed by atoms with van der Waals surface area (Å²) in [5, 5.41) is 0. The molecule has 0 spiro atoms. The number of hydrogen-bond donors (Lipinski definition) is 0. The van der Waals surface area contributed by atoms with E-state index < -0.39 is 6.10 Å². The Labute approximate surface area is 368 Å². The van der Waals surface area contributed by atoms with Crippen LogP contribution in [0.15, 0.2) is 97.2 Å². The van der Waals surface area contributed by atoms with Gasteiger partial charge in [0, 0.05) is 19.3 Å². The van der Waals surface area contributed by atoms with Crippen LogP contribution in [0.1, 0.15) is 207 Å². The molecule has 0 heterocycles. The molecule has 1 atom stereocenters. The van der Waals surface area contributed by atoms with Crippen LogP contribution < -0.4 is 0 Å². The fourth-order valence-electron chi connectivity index (χ4n) is 6.16. The van der Waals surface area contributed by atoms with Gasteiger partial charge in [-0.15, -0.1) is 0 Å². The highest BCUT2D eigenvalue weighted by Crippen LogP contribution is 2.11. The number of carbonyl (C=O) groups excluding carboxylic acids is 3. The van der Waals surface area contributed by atoms with Crippen LogP contribution >= 0.6 is 0 Å². The molecule has 0 aromatic rings. The summed E-state index contributed by atoms with van der Waals surface area (Å²) in [5.41, 5.74) is 0. The van der Waals surface area contributed by atoms with Crippen LogP contribution in [0.25, 0.3) is 0 Å². The first kappa shape index (κ1) is 56.3. The van der Waals surface area contributed by atoms with Crippen LogP contribution in [0.5, 0.6) is 0 Å². The Morgan fingerprint density at radius 3 is 1.12 bits per heavy atom. The third kappa shape index (κ3) is 45.4. The first-order valence-corrected chi connectivity index (χ1v) is 24.2. The first-order chi connectivity index (χ1) is 29.5. The second kappa shape index (κ2) is 48.0. The number of ether oxygens (including phenoxy) is 3. The normalized spacial score (nSPS) is 12.9. The maximum absolute atomic E-state index is 12.7. The van der Waals surface area contributed by atoms with Gasteiger partial charge >= 0.3 is 17.9 Å². The Morgan fingerprint density at radius 1 is 0.350 bits per heavy atom. The minimum atomic E-state index is -0.827. The predicted octanol–water partition coefficient (Wildman–Crippen LogP) is 15.8. The molecule has 0 aliphatic rings. The largest absolute Gasteiger partial charge is 0.462 e. The van der Waals surface area contributed by atoms with Crippen molar-refractivity contribution in [3.8, 4) is 0 Å². The molecule has 0 N–H and O–H groups in total. The van der Waals surface area contributed by atoms with Crippen LogP contribution in [-0.4, -0.2) is 37.2 Å². The molecule has 340 valence electrons. The predicted molar refractivity (Wildman–Crippen MR) is 256 cm³/mol. The van der Waals surface area contributed by atoms with Gasteiger partial charge in [-0.1, -0.05) is 176 Å². The third-order valence-corrected chi connectivity index (χ3v) is 9.79. The fourth-order valence-corrected chi connectivity index (χ4v) is 6.16. The van der Waals surface area contributed by atoms with E-state index >= 15 is 0 Å². The standard InChI is InChI=1S/C54H88O6/c1-4-7-10-13-16-19-22-24-26-27-28-30-32-35-38-41-44-47-53(56)59-50-51(49-58-52(55)46-43-40-37-34-31-21-18-15-12-9-6-3)60-54(57)48-45-42-39-36-33-29-25-23-20-17-14-11-8-5-2/h9,12,16,18-19,21,24,26,28-30,33-35,37-38,51H,4-8,10-11,13-15,17,20,22-23,25,27,31-32,36,39-50H2,1-3H3/b12-9-,19-16-,21-18-,26-24-,30-28-,33-29-,37-34-,38-35-. The Balaban J connectivity index is 4.55. The smallest absolute Gasteiger partial charge is 0.306 e. The highest BCUT2D eigenvalue weighted by Gasteiger charge is 2.19. The molecule has 0 amide bonds. The molecule has 0 saturated carbocycles. The second-order valence-corrected chi connectivity index (χ2v) is 15.6. The molecule has 0 aromatic carbocycles. The van der Waals surface area contributed by atoms with Crippen molar-refractivity contribution in [1.82, 2.24) is 0 Å².